The lowest BCUT2D eigenvalue weighted by atomic mass is 9.66. The van der Waals surface area contributed by atoms with Gasteiger partial charge >= 0.3 is 5.97 Å². The molecule has 3 unspecified atom stereocenters. The zero-order valence-electron chi connectivity index (χ0n) is 20.3. The number of carbonyl (C=O) groups excluding carboxylic acids is 3. The van der Waals surface area contributed by atoms with E-state index < -0.39 is 28.7 Å². The molecular weight excluding hydrogens is 456 g/mol. The van der Waals surface area contributed by atoms with E-state index in [0.717, 1.165) is 6.42 Å². The van der Waals surface area contributed by atoms with E-state index in [4.69, 9.17) is 9.47 Å². The Morgan fingerprint density at radius 3 is 2.53 bits per heavy atom. The highest BCUT2D eigenvalue weighted by atomic mass is 32.2. The molecule has 0 aliphatic carbocycles. The minimum Gasteiger partial charge on any atom is -0.497 e. The van der Waals surface area contributed by atoms with E-state index in [9.17, 15) is 19.5 Å². The van der Waals surface area contributed by atoms with Gasteiger partial charge in [0.1, 0.15) is 11.8 Å². The molecule has 0 radical (unpaired) electrons. The molecule has 4 rings (SSSR count). The SMILES string of the molecule is CCOC(=O)[C@@H]1[C@@H]2CC(C)C3(S2)C(C(=O)Nc2ccc(OC)cc2)N([C@@H](CO)C(C)C)C(=O)[C@H]13. The lowest BCUT2D eigenvalue weighted by Crippen LogP contribution is -2.57. The van der Waals surface area contributed by atoms with Crippen molar-refractivity contribution in [2.24, 2.45) is 23.7 Å². The van der Waals surface area contributed by atoms with Gasteiger partial charge in [0.25, 0.3) is 0 Å². The van der Waals surface area contributed by atoms with E-state index in [-0.39, 0.29) is 48.1 Å². The average Bonchev–Trinajstić information content (AvgIpc) is 3.39. The third-order valence-electron chi connectivity index (χ3n) is 7.66. The number of likely N-dealkylation sites (tertiary alicyclic amines) is 1. The number of hydrogen-bond acceptors (Lipinski definition) is 7. The van der Waals surface area contributed by atoms with Gasteiger partial charge in [0.05, 0.1) is 42.9 Å². The number of hydrogen-bond donors (Lipinski definition) is 2. The van der Waals surface area contributed by atoms with Crippen molar-refractivity contribution >= 4 is 35.2 Å². The minimum atomic E-state index is -0.809. The molecule has 3 aliphatic heterocycles. The highest BCUT2D eigenvalue weighted by Gasteiger charge is 2.77. The Morgan fingerprint density at radius 1 is 1.29 bits per heavy atom. The largest absolute Gasteiger partial charge is 0.497 e. The Kier molecular flexibility index (Phi) is 6.88. The zero-order chi connectivity index (χ0) is 24.8. The normalized spacial score (nSPS) is 32.6. The molecule has 0 aromatic heterocycles. The van der Waals surface area contributed by atoms with Crippen molar-refractivity contribution in [3.63, 3.8) is 0 Å². The fourth-order valence-corrected chi connectivity index (χ4v) is 8.52. The second-order valence-electron chi connectivity index (χ2n) is 9.76. The van der Waals surface area contributed by atoms with Crippen LogP contribution in [0.15, 0.2) is 24.3 Å². The first-order valence-corrected chi connectivity index (χ1v) is 12.8. The van der Waals surface area contributed by atoms with Crippen LogP contribution in [0, 0.1) is 23.7 Å². The Morgan fingerprint density at radius 2 is 1.97 bits per heavy atom. The van der Waals surface area contributed by atoms with Gasteiger partial charge in [-0.2, -0.15) is 0 Å². The van der Waals surface area contributed by atoms with Gasteiger partial charge in [0.2, 0.25) is 11.8 Å². The summed E-state index contributed by atoms with van der Waals surface area (Å²) in [4.78, 5) is 42.4. The topological polar surface area (TPSA) is 105 Å². The number of nitrogens with zero attached hydrogens (tertiary/aromatic N) is 1. The maximum absolute atomic E-state index is 14.0. The van der Waals surface area contributed by atoms with Crippen LogP contribution in [0.4, 0.5) is 5.69 Å². The first-order valence-electron chi connectivity index (χ1n) is 11.9. The van der Waals surface area contributed by atoms with Crippen LogP contribution in [0.1, 0.15) is 34.1 Å². The molecule has 34 heavy (non-hydrogen) atoms. The van der Waals surface area contributed by atoms with Gasteiger partial charge in [-0.25, -0.2) is 0 Å². The van der Waals surface area contributed by atoms with Gasteiger partial charge in [0, 0.05) is 10.9 Å². The van der Waals surface area contributed by atoms with Crippen molar-refractivity contribution in [1.82, 2.24) is 4.90 Å². The van der Waals surface area contributed by atoms with Gasteiger partial charge in [-0.3, -0.25) is 14.4 Å². The number of benzene rings is 1. The summed E-state index contributed by atoms with van der Waals surface area (Å²) in [6.07, 6.45) is 0.740. The summed E-state index contributed by atoms with van der Waals surface area (Å²) in [5.74, 6) is -1.49. The minimum absolute atomic E-state index is 0.0465. The van der Waals surface area contributed by atoms with E-state index in [2.05, 4.69) is 12.2 Å². The van der Waals surface area contributed by atoms with Crippen molar-refractivity contribution in [1.29, 1.82) is 0 Å². The highest BCUT2D eigenvalue weighted by molar-refractivity contribution is 8.02. The monoisotopic (exact) mass is 490 g/mol. The van der Waals surface area contributed by atoms with Crippen molar-refractivity contribution in [3.05, 3.63) is 24.3 Å². The summed E-state index contributed by atoms with van der Waals surface area (Å²) in [5, 5.41) is 13.2. The molecule has 3 heterocycles. The lowest BCUT2D eigenvalue weighted by Gasteiger charge is -2.40. The molecule has 186 valence electrons. The molecule has 9 heteroatoms. The number of rotatable bonds is 8. The van der Waals surface area contributed by atoms with Crippen molar-refractivity contribution < 1.29 is 29.0 Å². The molecule has 3 fully saturated rings. The number of aliphatic hydroxyl groups is 1. The van der Waals surface area contributed by atoms with Crippen LogP contribution in [0.2, 0.25) is 0 Å². The molecule has 2 bridgehead atoms. The smallest absolute Gasteiger partial charge is 0.310 e. The molecular formula is C25H34N2O6S. The third-order valence-corrected chi connectivity index (χ3v) is 9.74. The van der Waals surface area contributed by atoms with Gasteiger partial charge in [-0.1, -0.05) is 20.8 Å². The number of ether oxygens (including phenoxy) is 2. The molecule has 3 aliphatic rings. The predicted molar refractivity (Wildman–Crippen MR) is 129 cm³/mol. The molecule has 0 saturated carbocycles. The predicted octanol–water partition coefficient (Wildman–Crippen LogP) is 2.55. The van der Waals surface area contributed by atoms with Crippen LogP contribution in [-0.2, 0) is 19.1 Å². The Bertz CT molecular complexity index is 953. The van der Waals surface area contributed by atoms with Crippen LogP contribution in [0.3, 0.4) is 0 Å². The highest BCUT2D eigenvalue weighted by Crippen LogP contribution is 2.69. The second kappa shape index (κ2) is 9.41. The quantitative estimate of drug-likeness (QED) is 0.540. The first kappa shape index (κ1) is 24.9. The van der Waals surface area contributed by atoms with Crippen LogP contribution < -0.4 is 10.1 Å². The van der Waals surface area contributed by atoms with Gasteiger partial charge in [-0.15, -0.1) is 11.8 Å². The van der Waals surface area contributed by atoms with Crippen molar-refractivity contribution in [2.45, 2.75) is 56.2 Å². The summed E-state index contributed by atoms with van der Waals surface area (Å²) < 4.78 is 9.81. The lowest BCUT2D eigenvalue weighted by molar-refractivity contribution is -0.154. The fourth-order valence-electron chi connectivity index (χ4n) is 6.13. The summed E-state index contributed by atoms with van der Waals surface area (Å²) in [6.45, 7) is 7.66. The Labute approximate surface area is 204 Å². The second-order valence-corrected chi connectivity index (χ2v) is 11.3. The van der Waals surface area contributed by atoms with E-state index in [1.165, 1.54) is 0 Å². The number of aliphatic hydroxyl groups excluding tert-OH is 1. The number of nitrogens with one attached hydrogen (secondary N) is 1. The Balaban J connectivity index is 1.76. The standard InChI is InChI=1S/C25H34N2O6S/c1-6-33-24(31)19-18-11-14(4)25(34-18)20(19)23(30)27(17(12-28)13(2)3)21(25)22(29)26-15-7-9-16(32-5)10-8-15/h7-10,13-14,17-21,28H,6,11-12H2,1-5H3,(H,26,29)/t14?,17-,18-,19+,20-,21?,25?/m0/s1. The van der Waals surface area contributed by atoms with Crippen LogP contribution >= 0.6 is 11.8 Å². The van der Waals surface area contributed by atoms with E-state index >= 15 is 0 Å². The number of amides is 2. The molecule has 1 spiro atoms. The zero-order valence-corrected chi connectivity index (χ0v) is 21.1. The maximum Gasteiger partial charge on any atom is 0.310 e. The number of methoxy groups -OCH3 is 1. The molecule has 2 amide bonds. The summed E-state index contributed by atoms with van der Waals surface area (Å²) in [5.41, 5.74) is 0.593. The van der Waals surface area contributed by atoms with Crippen LogP contribution in [0.25, 0.3) is 0 Å². The molecule has 2 N–H and O–H groups in total. The number of carbonyl (C=O) groups is 3. The number of anilines is 1. The van der Waals surface area contributed by atoms with E-state index in [1.54, 1.807) is 55.0 Å². The molecule has 1 aromatic rings. The average molecular weight is 491 g/mol. The van der Waals surface area contributed by atoms with Gasteiger partial charge in [-0.05, 0) is 49.4 Å². The summed E-state index contributed by atoms with van der Waals surface area (Å²) >= 11 is 1.59. The molecule has 3 saturated heterocycles. The number of fused-ring (bicyclic) bond motifs is 1. The van der Waals surface area contributed by atoms with E-state index in [0.29, 0.717) is 11.4 Å². The number of thioether (sulfide) groups is 1. The van der Waals surface area contributed by atoms with Gasteiger partial charge < -0.3 is 24.8 Å². The molecule has 1 aromatic carbocycles. The van der Waals surface area contributed by atoms with Crippen molar-refractivity contribution in [2.75, 3.05) is 25.6 Å². The Hall–Kier alpha value is -2.26. The first-order chi connectivity index (χ1) is 16.2. The van der Waals surface area contributed by atoms with E-state index in [1.807, 2.05) is 13.8 Å². The summed E-state index contributed by atoms with van der Waals surface area (Å²) in [7, 11) is 1.57. The van der Waals surface area contributed by atoms with Crippen LogP contribution in [0.5, 0.6) is 5.75 Å². The van der Waals surface area contributed by atoms with Crippen LogP contribution in [-0.4, -0.2) is 70.2 Å². The van der Waals surface area contributed by atoms with Gasteiger partial charge in [0.15, 0.2) is 0 Å². The molecule has 7 atom stereocenters. The summed E-state index contributed by atoms with van der Waals surface area (Å²) in [6, 6.07) is 5.68. The maximum atomic E-state index is 14.0. The fraction of sp³-hybridized carbons (Fsp3) is 0.640. The number of esters is 1. The van der Waals surface area contributed by atoms with Crippen molar-refractivity contribution in [3.8, 4) is 5.75 Å². The molecule has 8 nitrogen and oxygen atoms in total. The third kappa shape index (κ3) is 3.68.